The van der Waals surface area contributed by atoms with Gasteiger partial charge in [0.25, 0.3) is 0 Å². The predicted molar refractivity (Wildman–Crippen MR) is 74.8 cm³/mol. The Morgan fingerprint density at radius 3 is 2.90 bits per heavy atom. The van der Waals surface area contributed by atoms with E-state index < -0.39 is 5.41 Å². The highest BCUT2D eigenvalue weighted by Gasteiger charge is 2.22. The first kappa shape index (κ1) is 14.1. The fourth-order valence-electron chi connectivity index (χ4n) is 1.74. The molecule has 1 aromatic heterocycles. The first-order chi connectivity index (χ1) is 9.56. The maximum absolute atomic E-state index is 9.13. The van der Waals surface area contributed by atoms with E-state index in [9.17, 15) is 0 Å². The molecule has 0 fully saturated rings. The summed E-state index contributed by atoms with van der Waals surface area (Å²) in [5.74, 6) is 0.674. The molecule has 0 saturated heterocycles. The molecule has 5 nitrogen and oxygen atoms in total. The number of nitriles is 1. The Hall–Kier alpha value is -2.32. The average molecular weight is 271 g/mol. The van der Waals surface area contributed by atoms with E-state index in [2.05, 4.69) is 11.2 Å². The second-order valence-corrected chi connectivity index (χ2v) is 4.95. The zero-order chi connectivity index (χ0) is 14.6. The van der Waals surface area contributed by atoms with Crippen molar-refractivity contribution in [2.75, 3.05) is 13.2 Å². The standard InChI is InChI=1S/C15H17N3O2/c1-15(2,11-16)14-6-7-18(17-14)12-4-3-5-13(10-12)20-9-8-19/h3-7,10,19H,8-9H2,1-2H3. The lowest BCUT2D eigenvalue weighted by Crippen LogP contribution is -2.15. The summed E-state index contributed by atoms with van der Waals surface area (Å²) in [5.41, 5.74) is 0.957. The number of aliphatic hydroxyl groups excluding tert-OH is 1. The molecular formula is C15H17N3O2. The van der Waals surface area contributed by atoms with Crippen molar-refractivity contribution in [1.82, 2.24) is 9.78 Å². The van der Waals surface area contributed by atoms with E-state index in [-0.39, 0.29) is 13.2 Å². The maximum Gasteiger partial charge on any atom is 0.121 e. The molecule has 0 aliphatic heterocycles. The topological polar surface area (TPSA) is 71.1 Å². The van der Waals surface area contributed by atoms with Crippen LogP contribution in [0.3, 0.4) is 0 Å². The van der Waals surface area contributed by atoms with Crippen LogP contribution < -0.4 is 4.74 Å². The summed E-state index contributed by atoms with van der Waals surface area (Å²) in [6.45, 7) is 3.91. The minimum Gasteiger partial charge on any atom is -0.491 e. The van der Waals surface area contributed by atoms with Gasteiger partial charge < -0.3 is 9.84 Å². The summed E-state index contributed by atoms with van der Waals surface area (Å²) in [6.07, 6.45) is 1.82. The van der Waals surface area contributed by atoms with Crippen LogP contribution in [-0.4, -0.2) is 28.1 Å². The van der Waals surface area contributed by atoms with Crippen LogP contribution in [0.5, 0.6) is 5.75 Å². The fraction of sp³-hybridized carbons (Fsp3) is 0.333. The quantitative estimate of drug-likeness (QED) is 0.903. The third-order valence-corrected chi connectivity index (χ3v) is 2.95. The molecule has 0 unspecified atom stereocenters. The molecule has 0 radical (unpaired) electrons. The number of aliphatic hydroxyl groups is 1. The number of aromatic nitrogens is 2. The molecule has 2 rings (SSSR count). The zero-order valence-electron chi connectivity index (χ0n) is 11.6. The van der Waals surface area contributed by atoms with Gasteiger partial charge in [-0.1, -0.05) is 6.07 Å². The van der Waals surface area contributed by atoms with Gasteiger partial charge in [-0.25, -0.2) is 4.68 Å². The molecule has 0 bridgehead atoms. The van der Waals surface area contributed by atoms with Gasteiger partial charge in [-0.2, -0.15) is 10.4 Å². The second-order valence-electron chi connectivity index (χ2n) is 4.95. The van der Waals surface area contributed by atoms with Crippen molar-refractivity contribution in [3.63, 3.8) is 0 Å². The van der Waals surface area contributed by atoms with Crippen molar-refractivity contribution in [2.24, 2.45) is 0 Å². The predicted octanol–water partition coefficient (Wildman–Crippen LogP) is 2.04. The Bertz CT molecular complexity index is 626. The first-order valence-corrected chi connectivity index (χ1v) is 6.38. The van der Waals surface area contributed by atoms with Gasteiger partial charge in [0, 0.05) is 12.3 Å². The van der Waals surface area contributed by atoms with Gasteiger partial charge in [-0.05, 0) is 32.0 Å². The molecular weight excluding hydrogens is 254 g/mol. The normalized spacial score (nSPS) is 11.1. The Morgan fingerprint density at radius 1 is 1.40 bits per heavy atom. The summed E-state index contributed by atoms with van der Waals surface area (Å²) in [5, 5.41) is 22.3. The van der Waals surface area contributed by atoms with Crippen LogP contribution in [0.4, 0.5) is 0 Å². The highest BCUT2D eigenvalue weighted by atomic mass is 16.5. The molecule has 0 aliphatic carbocycles. The van der Waals surface area contributed by atoms with Gasteiger partial charge in [0.15, 0.2) is 0 Å². The number of benzene rings is 1. The molecule has 1 N–H and O–H groups in total. The van der Waals surface area contributed by atoms with Crippen molar-refractivity contribution >= 4 is 0 Å². The lowest BCUT2D eigenvalue weighted by Gasteiger charge is -2.11. The van der Waals surface area contributed by atoms with Crippen LogP contribution >= 0.6 is 0 Å². The Kier molecular flexibility index (Phi) is 4.06. The van der Waals surface area contributed by atoms with Gasteiger partial charge in [0.1, 0.15) is 12.4 Å². The molecule has 0 saturated carbocycles. The van der Waals surface area contributed by atoms with E-state index >= 15 is 0 Å². The van der Waals surface area contributed by atoms with E-state index in [1.807, 2.05) is 50.4 Å². The molecule has 2 aromatic rings. The molecule has 104 valence electrons. The largest absolute Gasteiger partial charge is 0.491 e. The third kappa shape index (κ3) is 2.98. The van der Waals surface area contributed by atoms with Crippen LogP contribution in [-0.2, 0) is 5.41 Å². The first-order valence-electron chi connectivity index (χ1n) is 6.38. The molecule has 5 heteroatoms. The summed E-state index contributed by atoms with van der Waals surface area (Å²) in [6, 6.07) is 11.5. The minimum absolute atomic E-state index is 0.0213. The van der Waals surface area contributed by atoms with Crippen LogP contribution in [0.15, 0.2) is 36.5 Å². The molecule has 1 aromatic carbocycles. The Balaban J connectivity index is 2.27. The fourth-order valence-corrected chi connectivity index (χ4v) is 1.74. The van der Waals surface area contributed by atoms with Crippen LogP contribution in [0, 0.1) is 11.3 Å². The van der Waals surface area contributed by atoms with Crippen molar-refractivity contribution in [2.45, 2.75) is 19.3 Å². The van der Waals surface area contributed by atoms with Gasteiger partial charge >= 0.3 is 0 Å². The molecule has 0 aliphatic rings. The van der Waals surface area contributed by atoms with Crippen molar-refractivity contribution in [3.8, 4) is 17.5 Å². The summed E-state index contributed by atoms with van der Waals surface area (Å²) in [4.78, 5) is 0. The lowest BCUT2D eigenvalue weighted by atomic mass is 9.92. The highest BCUT2D eigenvalue weighted by molar-refractivity contribution is 5.39. The molecule has 0 spiro atoms. The molecule has 20 heavy (non-hydrogen) atoms. The van der Waals surface area contributed by atoms with Gasteiger partial charge in [-0.3, -0.25) is 0 Å². The number of hydrogen-bond donors (Lipinski definition) is 1. The number of rotatable bonds is 5. The van der Waals surface area contributed by atoms with Crippen LogP contribution in [0.1, 0.15) is 19.5 Å². The Morgan fingerprint density at radius 2 is 2.20 bits per heavy atom. The van der Waals surface area contributed by atoms with E-state index in [0.29, 0.717) is 5.75 Å². The number of hydrogen-bond acceptors (Lipinski definition) is 4. The van der Waals surface area contributed by atoms with Gasteiger partial charge in [-0.15, -0.1) is 0 Å². The van der Waals surface area contributed by atoms with Crippen LogP contribution in [0.25, 0.3) is 5.69 Å². The number of ether oxygens (including phenoxy) is 1. The summed E-state index contributed by atoms with van der Waals surface area (Å²) in [7, 11) is 0. The Labute approximate surface area is 118 Å². The maximum atomic E-state index is 9.13. The van der Waals surface area contributed by atoms with E-state index in [1.54, 1.807) is 4.68 Å². The summed E-state index contributed by atoms with van der Waals surface area (Å²) >= 11 is 0. The lowest BCUT2D eigenvalue weighted by molar-refractivity contribution is 0.201. The van der Waals surface area contributed by atoms with E-state index in [4.69, 9.17) is 15.1 Å². The van der Waals surface area contributed by atoms with E-state index in [0.717, 1.165) is 11.4 Å². The van der Waals surface area contributed by atoms with Crippen molar-refractivity contribution in [1.29, 1.82) is 5.26 Å². The van der Waals surface area contributed by atoms with Crippen LogP contribution in [0.2, 0.25) is 0 Å². The molecule has 0 amide bonds. The average Bonchev–Trinajstić information content (AvgIpc) is 2.96. The second kappa shape index (κ2) is 5.76. The van der Waals surface area contributed by atoms with Gasteiger partial charge in [0.05, 0.1) is 29.5 Å². The van der Waals surface area contributed by atoms with Gasteiger partial charge in [0.2, 0.25) is 0 Å². The van der Waals surface area contributed by atoms with E-state index in [1.165, 1.54) is 0 Å². The monoisotopic (exact) mass is 271 g/mol. The summed E-state index contributed by atoms with van der Waals surface area (Å²) < 4.78 is 7.08. The molecule has 0 atom stereocenters. The van der Waals surface area contributed by atoms with Crippen molar-refractivity contribution in [3.05, 3.63) is 42.2 Å². The SMILES string of the molecule is CC(C)(C#N)c1ccn(-c2cccc(OCCO)c2)n1. The minimum atomic E-state index is -0.615. The number of nitrogens with zero attached hydrogens (tertiary/aromatic N) is 3. The van der Waals surface area contributed by atoms with Crippen molar-refractivity contribution < 1.29 is 9.84 Å². The third-order valence-electron chi connectivity index (χ3n) is 2.95. The highest BCUT2D eigenvalue weighted by Crippen LogP contribution is 2.22. The zero-order valence-corrected chi connectivity index (χ0v) is 11.6. The molecule has 1 heterocycles. The smallest absolute Gasteiger partial charge is 0.121 e.